The molecule has 0 radical (unpaired) electrons. The van der Waals surface area contributed by atoms with Crippen molar-refractivity contribution in [3.8, 4) is 0 Å². The van der Waals surface area contributed by atoms with E-state index in [1.165, 1.54) is 18.4 Å². The predicted molar refractivity (Wildman–Crippen MR) is 79.6 cm³/mol. The van der Waals surface area contributed by atoms with Gasteiger partial charge in [0.1, 0.15) is 0 Å². The van der Waals surface area contributed by atoms with Gasteiger partial charge in [0.05, 0.1) is 0 Å². The molecule has 17 heavy (non-hydrogen) atoms. The van der Waals surface area contributed by atoms with Gasteiger partial charge in [-0.05, 0) is 31.2 Å². The standard InChI is InChI=1S/C15H25NS/c1-3-13(2)17-12-15(16)11-7-10-14-8-5-4-6-9-14/h4-6,8-9,13,15H,3,7,10-12,16H2,1-2H3. The van der Waals surface area contributed by atoms with Crippen LogP contribution in [0.1, 0.15) is 38.7 Å². The van der Waals surface area contributed by atoms with Crippen molar-refractivity contribution in [1.82, 2.24) is 0 Å². The highest BCUT2D eigenvalue weighted by Gasteiger charge is 2.05. The van der Waals surface area contributed by atoms with Gasteiger partial charge in [-0.3, -0.25) is 0 Å². The van der Waals surface area contributed by atoms with E-state index in [4.69, 9.17) is 5.73 Å². The average molecular weight is 251 g/mol. The molecule has 0 saturated heterocycles. The third kappa shape index (κ3) is 6.75. The number of benzene rings is 1. The molecule has 2 atom stereocenters. The van der Waals surface area contributed by atoms with E-state index in [1.807, 2.05) is 11.8 Å². The average Bonchev–Trinajstić information content (AvgIpc) is 2.37. The van der Waals surface area contributed by atoms with Crippen LogP contribution in [0.25, 0.3) is 0 Å². The number of thioether (sulfide) groups is 1. The highest BCUT2D eigenvalue weighted by Crippen LogP contribution is 2.16. The van der Waals surface area contributed by atoms with Gasteiger partial charge < -0.3 is 5.73 Å². The first-order valence-electron chi connectivity index (χ1n) is 6.63. The molecule has 0 aromatic heterocycles. The number of rotatable bonds is 8. The molecule has 0 spiro atoms. The van der Waals surface area contributed by atoms with Gasteiger partial charge in [0.2, 0.25) is 0 Å². The molecule has 1 aromatic carbocycles. The van der Waals surface area contributed by atoms with Crippen LogP contribution in [0, 0.1) is 0 Å². The summed E-state index contributed by atoms with van der Waals surface area (Å²) in [6.45, 7) is 4.51. The summed E-state index contributed by atoms with van der Waals surface area (Å²) in [6.07, 6.45) is 4.73. The fraction of sp³-hybridized carbons (Fsp3) is 0.600. The van der Waals surface area contributed by atoms with Crippen LogP contribution in [0.4, 0.5) is 0 Å². The zero-order valence-corrected chi connectivity index (χ0v) is 11.9. The molecule has 0 amide bonds. The maximum atomic E-state index is 6.12. The first-order chi connectivity index (χ1) is 8.22. The Bertz CT molecular complexity index is 286. The van der Waals surface area contributed by atoms with Crippen LogP contribution in [-0.2, 0) is 6.42 Å². The Hall–Kier alpha value is -0.470. The number of hydrogen-bond donors (Lipinski definition) is 1. The van der Waals surface area contributed by atoms with E-state index < -0.39 is 0 Å². The van der Waals surface area contributed by atoms with E-state index in [0.717, 1.165) is 23.8 Å². The molecule has 0 aliphatic heterocycles. The normalized spacial score (nSPS) is 14.5. The molecule has 2 unspecified atom stereocenters. The summed E-state index contributed by atoms with van der Waals surface area (Å²) in [6, 6.07) is 11.0. The Morgan fingerprint density at radius 2 is 1.94 bits per heavy atom. The Labute approximate surface area is 110 Å². The summed E-state index contributed by atoms with van der Waals surface area (Å²) in [5.41, 5.74) is 7.55. The first kappa shape index (κ1) is 14.6. The first-order valence-corrected chi connectivity index (χ1v) is 7.68. The minimum absolute atomic E-state index is 0.359. The van der Waals surface area contributed by atoms with Crippen molar-refractivity contribution < 1.29 is 0 Å². The van der Waals surface area contributed by atoms with E-state index >= 15 is 0 Å². The van der Waals surface area contributed by atoms with Crippen molar-refractivity contribution >= 4 is 11.8 Å². The van der Waals surface area contributed by atoms with Gasteiger partial charge in [0.25, 0.3) is 0 Å². The van der Waals surface area contributed by atoms with Crippen molar-refractivity contribution in [2.75, 3.05) is 5.75 Å². The van der Waals surface area contributed by atoms with Crippen LogP contribution >= 0.6 is 11.8 Å². The van der Waals surface area contributed by atoms with Gasteiger partial charge >= 0.3 is 0 Å². The van der Waals surface area contributed by atoms with Crippen LogP contribution in [-0.4, -0.2) is 17.0 Å². The van der Waals surface area contributed by atoms with E-state index in [2.05, 4.69) is 44.2 Å². The lowest BCUT2D eigenvalue weighted by molar-refractivity contribution is 0.630. The van der Waals surface area contributed by atoms with Crippen LogP contribution < -0.4 is 5.73 Å². The molecular weight excluding hydrogens is 226 g/mol. The molecule has 0 aliphatic carbocycles. The van der Waals surface area contributed by atoms with Gasteiger partial charge in [0.15, 0.2) is 0 Å². The van der Waals surface area contributed by atoms with Crippen LogP contribution in [0.15, 0.2) is 30.3 Å². The molecule has 1 aromatic rings. The number of hydrogen-bond acceptors (Lipinski definition) is 2. The summed E-state index contributed by atoms with van der Waals surface area (Å²) in [5, 5.41) is 0.746. The maximum absolute atomic E-state index is 6.12. The van der Waals surface area contributed by atoms with Crippen LogP contribution in [0.5, 0.6) is 0 Å². The van der Waals surface area contributed by atoms with Gasteiger partial charge in [-0.1, -0.05) is 44.2 Å². The second-order valence-electron chi connectivity index (χ2n) is 4.69. The highest BCUT2D eigenvalue weighted by molar-refractivity contribution is 7.99. The Morgan fingerprint density at radius 3 is 2.59 bits per heavy atom. The molecule has 1 nitrogen and oxygen atoms in total. The lowest BCUT2D eigenvalue weighted by atomic mass is 10.1. The summed E-state index contributed by atoms with van der Waals surface area (Å²) >= 11 is 2.01. The maximum Gasteiger partial charge on any atom is 0.0130 e. The molecule has 2 heteroatoms. The molecular formula is C15H25NS. The van der Waals surface area contributed by atoms with Crippen molar-refractivity contribution in [3.05, 3.63) is 35.9 Å². The summed E-state index contributed by atoms with van der Waals surface area (Å²) in [4.78, 5) is 0. The van der Waals surface area contributed by atoms with Gasteiger partial charge in [0, 0.05) is 17.0 Å². The molecule has 0 fully saturated rings. The minimum atomic E-state index is 0.359. The molecule has 0 bridgehead atoms. The van der Waals surface area contributed by atoms with E-state index in [1.54, 1.807) is 0 Å². The van der Waals surface area contributed by atoms with E-state index in [0.29, 0.717) is 6.04 Å². The topological polar surface area (TPSA) is 26.0 Å². The van der Waals surface area contributed by atoms with Crippen LogP contribution in [0.2, 0.25) is 0 Å². The number of nitrogens with two attached hydrogens (primary N) is 1. The Morgan fingerprint density at radius 1 is 1.24 bits per heavy atom. The molecule has 0 saturated carbocycles. The zero-order chi connectivity index (χ0) is 12.5. The lowest BCUT2D eigenvalue weighted by Crippen LogP contribution is -2.23. The third-order valence-electron chi connectivity index (χ3n) is 3.05. The molecule has 1 rings (SSSR count). The quantitative estimate of drug-likeness (QED) is 0.759. The lowest BCUT2D eigenvalue weighted by Gasteiger charge is -2.14. The monoisotopic (exact) mass is 251 g/mol. The van der Waals surface area contributed by atoms with Crippen molar-refractivity contribution in [1.29, 1.82) is 0 Å². The van der Waals surface area contributed by atoms with E-state index in [-0.39, 0.29) is 0 Å². The van der Waals surface area contributed by atoms with Gasteiger partial charge in [-0.25, -0.2) is 0 Å². The zero-order valence-electron chi connectivity index (χ0n) is 11.1. The fourth-order valence-corrected chi connectivity index (χ4v) is 2.68. The second kappa shape index (κ2) is 8.60. The molecule has 0 aliphatic rings. The minimum Gasteiger partial charge on any atom is -0.327 e. The molecule has 96 valence electrons. The number of aryl methyl sites for hydroxylation is 1. The Kier molecular flexibility index (Phi) is 7.38. The SMILES string of the molecule is CCC(C)SCC(N)CCCc1ccccc1. The fourth-order valence-electron chi connectivity index (χ4n) is 1.70. The third-order valence-corrected chi connectivity index (χ3v) is 4.58. The van der Waals surface area contributed by atoms with Crippen LogP contribution in [0.3, 0.4) is 0 Å². The largest absolute Gasteiger partial charge is 0.327 e. The van der Waals surface area contributed by atoms with Crippen molar-refractivity contribution in [2.24, 2.45) is 5.73 Å². The van der Waals surface area contributed by atoms with Crippen molar-refractivity contribution in [2.45, 2.75) is 50.8 Å². The molecule has 2 N–H and O–H groups in total. The van der Waals surface area contributed by atoms with Crippen molar-refractivity contribution in [3.63, 3.8) is 0 Å². The predicted octanol–water partition coefficient (Wildman–Crippen LogP) is 3.87. The second-order valence-corrected chi connectivity index (χ2v) is 6.16. The van der Waals surface area contributed by atoms with E-state index in [9.17, 15) is 0 Å². The summed E-state index contributed by atoms with van der Waals surface area (Å²) in [7, 11) is 0. The summed E-state index contributed by atoms with van der Waals surface area (Å²) < 4.78 is 0. The highest BCUT2D eigenvalue weighted by atomic mass is 32.2. The summed E-state index contributed by atoms with van der Waals surface area (Å²) in [5.74, 6) is 1.10. The smallest absolute Gasteiger partial charge is 0.0130 e. The van der Waals surface area contributed by atoms with Gasteiger partial charge in [-0.15, -0.1) is 0 Å². The van der Waals surface area contributed by atoms with Gasteiger partial charge in [-0.2, -0.15) is 11.8 Å². The Balaban J connectivity index is 2.10. The molecule has 0 heterocycles.